The number of esters is 2. The first-order chi connectivity index (χ1) is 21.0. The molecule has 8 heteroatoms. The van der Waals surface area contributed by atoms with Crippen molar-refractivity contribution in [2.75, 3.05) is 14.2 Å². The quantitative estimate of drug-likeness (QED) is 0.117. The van der Waals surface area contributed by atoms with Gasteiger partial charge in [-0.2, -0.15) is 0 Å². The average molecular weight is 611 g/mol. The summed E-state index contributed by atoms with van der Waals surface area (Å²) >= 11 is 0. The molecule has 0 fully saturated rings. The molecule has 0 amide bonds. The number of pyridine rings is 1. The van der Waals surface area contributed by atoms with Crippen LogP contribution in [0.4, 0.5) is 0 Å². The van der Waals surface area contributed by atoms with Gasteiger partial charge < -0.3 is 23.0 Å². The Hall–Kier alpha value is -4.14. The highest BCUT2D eigenvalue weighted by Gasteiger charge is 2.37. The monoisotopic (exact) mass is 610 g/mol. The molecule has 0 bridgehead atoms. The van der Waals surface area contributed by atoms with Crippen LogP contribution < -0.4 is 4.74 Å². The molecule has 5 rings (SSSR count). The molecule has 1 unspecified atom stereocenters. The molecular formula is C36H40NO6Si. The number of aromatic nitrogens is 1. The lowest BCUT2D eigenvalue weighted by Gasteiger charge is -2.33. The number of ether oxygens (including phenoxy) is 3. The SMILES string of the molecule is CCc1c(-c2ccc(OCc3ccccc3)cc2)c2c(C(=O)OC)c(C(=O)OC)c3ccc(C(O[Si](C)C)C(C)(C)C)c1n32. The topological polar surface area (TPSA) is 75.5 Å². The van der Waals surface area contributed by atoms with E-state index in [0.717, 1.165) is 39.1 Å². The molecular weight excluding hydrogens is 570 g/mol. The Morgan fingerprint density at radius 2 is 1.48 bits per heavy atom. The second kappa shape index (κ2) is 12.5. The standard InChI is InChI=1S/C36H40NO6Si/c1-9-25-28(23-15-17-24(18-16-23)42-21-22-13-11-10-12-14-22)32-30(35(39)41-6)29(34(38)40-5)27-20-19-26(31(25)37(27)32)33(36(2,3)4)43-44(7)8/h10-20,33H,9,21H2,1-8H3. The summed E-state index contributed by atoms with van der Waals surface area (Å²) in [6, 6.07) is 21.9. The van der Waals surface area contributed by atoms with Crippen LogP contribution in [0.25, 0.3) is 27.7 Å². The van der Waals surface area contributed by atoms with E-state index in [2.05, 4.69) is 40.8 Å². The first-order valence-electron chi connectivity index (χ1n) is 14.9. The van der Waals surface area contributed by atoms with Gasteiger partial charge in [0.15, 0.2) is 0 Å². The largest absolute Gasteiger partial charge is 0.489 e. The van der Waals surface area contributed by atoms with Crippen LogP contribution in [-0.2, 0) is 26.9 Å². The normalized spacial score (nSPS) is 12.7. The minimum atomic E-state index is -1.07. The Bertz CT molecular complexity index is 1780. The van der Waals surface area contributed by atoms with Crippen molar-refractivity contribution in [1.82, 2.24) is 4.40 Å². The molecule has 0 aliphatic carbocycles. The molecule has 0 spiro atoms. The first-order valence-corrected chi connectivity index (χ1v) is 17.3. The highest BCUT2D eigenvalue weighted by molar-refractivity contribution is 6.48. The molecule has 229 valence electrons. The molecule has 1 atom stereocenters. The fraction of sp³-hybridized carbons (Fsp3) is 0.333. The Kier molecular flexibility index (Phi) is 8.86. The fourth-order valence-electron chi connectivity index (χ4n) is 6.04. The first kappa shape index (κ1) is 31.3. The van der Waals surface area contributed by atoms with E-state index >= 15 is 0 Å². The highest BCUT2D eigenvalue weighted by Crippen LogP contribution is 2.47. The molecule has 2 aromatic carbocycles. The summed E-state index contributed by atoms with van der Waals surface area (Å²) in [5.41, 5.74) is 7.31. The molecule has 1 radical (unpaired) electrons. The minimum absolute atomic E-state index is 0.196. The lowest BCUT2D eigenvalue weighted by Crippen LogP contribution is -2.26. The number of carbonyl (C=O) groups excluding carboxylic acids is 2. The molecule has 0 aliphatic heterocycles. The van der Waals surface area contributed by atoms with Crippen molar-refractivity contribution in [3.8, 4) is 16.9 Å². The van der Waals surface area contributed by atoms with Gasteiger partial charge >= 0.3 is 11.9 Å². The summed E-state index contributed by atoms with van der Waals surface area (Å²) < 4.78 is 25.3. The van der Waals surface area contributed by atoms with Crippen LogP contribution in [0.15, 0.2) is 66.7 Å². The summed E-state index contributed by atoms with van der Waals surface area (Å²) in [5, 5.41) is 0. The summed E-state index contributed by atoms with van der Waals surface area (Å²) in [6.45, 7) is 13.4. The smallest absolute Gasteiger partial charge is 0.340 e. The summed E-state index contributed by atoms with van der Waals surface area (Å²) in [6.07, 6.45) is 0.482. The van der Waals surface area contributed by atoms with Crippen molar-refractivity contribution in [3.63, 3.8) is 0 Å². The Morgan fingerprint density at radius 1 is 0.841 bits per heavy atom. The van der Waals surface area contributed by atoms with Gasteiger partial charge in [-0.1, -0.05) is 76.2 Å². The molecule has 0 saturated carbocycles. The number of carbonyl (C=O) groups is 2. The summed E-state index contributed by atoms with van der Waals surface area (Å²) in [5.74, 6) is -0.448. The van der Waals surface area contributed by atoms with Crippen molar-refractivity contribution >= 4 is 37.5 Å². The number of nitrogens with zero attached hydrogens (tertiary/aromatic N) is 1. The molecule has 44 heavy (non-hydrogen) atoms. The van der Waals surface area contributed by atoms with Crippen molar-refractivity contribution < 1.29 is 28.2 Å². The van der Waals surface area contributed by atoms with Crippen LogP contribution >= 0.6 is 0 Å². The molecule has 0 N–H and O–H groups in total. The van der Waals surface area contributed by atoms with Gasteiger partial charge in [0.2, 0.25) is 9.04 Å². The van der Waals surface area contributed by atoms with E-state index in [-0.39, 0.29) is 22.6 Å². The number of rotatable bonds is 10. The molecule has 7 nitrogen and oxygen atoms in total. The highest BCUT2D eigenvalue weighted by atomic mass is 28.3. The maximum atomic E-state index is 13.5. The van der Waals surface area contributed by atoms with Crippen molar-refractivity contribution in [2.24, 2.45) is 5.41 Å². The van der Waals surface area contributed by atoms with E-state index < -0.39 is 21.0 Å². The van der Waals surface area contributed by atoms with Gasteiger partial charge in [0.05, 0.1) is 36.9 Å². The van der Waals surface area contributed by atoms with Gasteiger partial charge in [-0.3, -0.25) is 0 Å². The Morgan fingerprint density at radius 3 is 2.05 bits per heavy atom. The van der Waals surface area contributed by atoms with Gasteiger partial charge in [-0.05, 0) is 59.8 Å². The third kappa shape index (κ3) is 5.60. The third-order valence-corrected chi connectivity index (χ3v) is 8.60. The van der Waals surface area contributed by atoms with Gasteiger partial charge in [0.25, 0.3) is 0 Å². The zero-order valence-electron chi connectivity index (χ0n) is 26.7. The van der Waals surface area contributed by atoms with Gasteiger partial charge in [-0.25, -0.2) is 9.59 Å². The molecule has 5 aromatic rings. The van der Waals surface area contributed by atoms with E-state index in [4.69, 9.17) is 18.6 Å². The van der Waals surface area contributed by atoms with E-state index in [1.54, 1.807) is 0 Å². The van der Waals surface area contributed by atoms with Crippen LogP contribution in [0.3, 0.4) is 0 Å². The van der Waals surface area contributed by atoms with Crippen molar-refractivity contribution in [3.05, 3.63) is 94.5 Å². The Balaban J connectivity index is 1.80. The number of methoxy groups -OCH3 is 2. The predicted molar refractivity (Wildman–Crippen MR) is 175 cm³/mol. The van der Waals surface area contributed by atoms with Gasteiger partial charge in [0.1, 0.15) is 23.5 Å². The lowest BCUT2D eigenvalue weighted by molar-refractivity contribution is 0.0559. The minimum Gasteiger partial charge on any atom is -0.489 e. The molecule has 3 aromatic heterocycles. The van der Waals surface area contributed by atoms with Gasteiger partial charge in [-0.15, -0.1) is 0 Å². The van der Waals surface area contributed by atoms with E-state index in [9.17, 15) is 9.59 Å². The second-order valence-electron chi connectivity index (χ2n) is 12.2. The number of aryl methyl sites for hydroxylation is 1. The van der Waals surface area contributed by atoms with Crippen molar-refractivity contribution in [1.29, 1.82) is 0 Å². The zero-order valence-corrected chi connectivity index (χ0v) is 27.7. The van der Waals surface area contributed by atoms with Gasteiger partial charge in [0, 0.05) is 11.1 Å². The summed E-state index contributed by atoms with van der Waals surface area (Å²) in [4.78, 5) is 26.8. The van der Waals surface area contributed by atoms with E-state index in [0.29, 0.717) is 24.1 Å². The maximum absolute atomic E-state index is 13.5. The predicted octanol–water partition coefficient (Wildman–Crippen LogP) is 8.27. The Labute approximate surface area is 260 Å². The van der Waals surface area contributed by atoms with Crippen LogP contribution in [0.1, 0.15) is 71.2 Å². The fourth-order valence-corrected chi connectivity index (χ4v) is 6.99. The molecule has 0 saturated heterocycles. The summed E-state index contributed by atoms with van der Waals surface area (Å²) in [7, 11) is 1.59. The third-order valence-electron chi connectivity index (χ3n) is 7.90. The number of hydrogen-bond donors (Lipinski definition) is 0. The van der Waals surface area contributed by atoms with E-state index in [1.807, 2.05) is 71.1 Å². The second-order valence-corrected chi connectivity index (χ2v) is 14.3. The van der Waals surface area contributed by atoms with Crippen LogP contribution in [0, 0.1) is 5.41 Å². The zero-order chi connectivity index (χ0) is 31.8. The van der Waals surface area contributed by atoms with Crippen LogP contribution in [0.5, 0.6) is 5.75 Å². The maximum Gasteiger partial charge on any atom is 0.340 e. The molecule has 0 aliphatic rings. The van der Waals surface area contributed by atoms with E-state index in [1.165, 1.54) is 14.2 Å². The van der Waals surface area contributed by atoms with Crippen molar-refractivity contribution in [2.45, 2.75) is 59.9 Å². The average Bonchev–Trinajstić information content (AvgIpc) is 3.53. The molecule has 3 heterocycles. The lowest BCUT2D eigenvalue weighted by atomic mass is 9.83. The number of benzene rings is 2. The van der Waals surface area contributed by atoms with Crippen LogP contribution in [0.2, 0.25) is 13.1 Å². The van der Waals surface area contributed by atoms with Crippen LogP contribution in [-0.4, -0.2) is 39.6 Å². The number of hydrogen-bond acceptors (Lipinski definition) is 6.